The Labute approximate surface area is 144 Å². The molecule has 4 rings (SSSR count). The molecule has 0 amide bonds. The summed E-state index contributed by atoms with van der Waals surface area (Å²) in [4.78, 5) is 2.53. The molecule has 0 unspecified atom stereocenters. The normalized spacial score (nSPS) is 19.2. The molecule has 1 aromatic heterocycles. The predicted octanol–water partition coefficient (Wildman–Crippen LogP) is 3.96. The van der Waals surface area contributed by atoms with Crippen molar-refractivity contribution in [3.8, 4) is 0 Å². The molecule has 1 aliphatic heterocycles. The van der Waals surface area contributed by atoms with Gasteiger partial charge in [-0.15, -0.1) is 0 Å². The second kappa shape index (κ2) is 7.39. The average molecular weight is 324 g/mol. The zero-order valence-electron chi connectivity index (χ0n) is 14.4. The van der Waals surface area contributed by atoms with Gasteiger partial charge in [-0.25, -0.2) is 0 Å². The molecule has 0 atom stereocenters. The van der Waals surface area contributed by atoms with Crippen molar-refractivity contribution >= 4 is 5.82 Å². The predicted molar refractivity (Wildman–Crippen MR) is 97.9 cm³/mol. The zero-order chi connectivity index (χ0) is 16.2. The maximum atomic E-state index is 4.56. The third-order valence-corrected chi connectivity index (χ3v) is 5.54. The molecule has 0 radical (unpaired) electrons. The van der Waals surface area contributed by atoms with Gasteiger partial charge in [-0.3, -0.25) is 10.00 Å². The summed E-state index contributed by atoms with van der Waals surface area (Å²) < 4.78 is 0. The molecular weight excluding hydrogens is 296 g/mol. The summed E-state index contributed by atoms with van der Waals surface area (Å²) in [7, 11) is 0. The van der Waals surface area contributed by atoms with Gasteiger partial charge < -0.3 is 5.32 Å². The Morgan fingerprint density at radius 3 is 2.79 bits per heavy atom. The van der Waals surface area contributed by atoms with Crippen LogP contribution in [0.5, 0.6) is 0 Å². The minimum absolute atomic E-state index is 0.829. The SMILES string of the molecule is c1ccc(CN2CCc3[nH]nc(NCC4CCCCC4)c3C2)cc1. The minimum Gasteiger partial charge on any atom is -0.368 e. The number of aromatic amines is 1. The van der Waals surface area contributed by atoms with E-state index in [2.05, 4.69) is 50.7 Å². The van der Waals surface area contributed by atoms with Crippen LogP contribution in [0.4, 0.5) is 5.82 Å². The van der Waals surface area contributed by atoms with Crippen LogP contribution >= 0.6 is 0 Å². The lowest BCUT2D eigenvalue weighted by Gasteiger charge is -2.27. The molecule has 1 fully saturated rings. The summed E-state index contributed by atoms with van der Waals surface area (Å²) in [5.74, 6) is 1.92. The lowest BCUT2D eigenvalue weighted by atomic mass is 9.89. The van der Waals surface area contributed by atoms with Crippen LogP contribution in [0.15, 0.2) is 30.3 Å². The lowest BCUT2D eigenvalue weighted by Crippen LogP contribution is -2.30. The van der Waals surface area contributed by atoms with Crippen molar-refractivity contribution in [2.75, 3.05) is 18.4 Å². The smallest absolute Gasteiger partial charge is 0.152 e. The van der Waals surface area contributed by atoms with Crippen molar-refractivity contribution < 1.29 is 0 Å². The Morgan fingerprint density at radius 1 is 1.12 bits per heavy atom. The van der Waals surface area contributed by atoms with Crippen LogP contribution in [0.3, 0.4) is 0 Å². The molecule has 1 aromatic carbocycles. The molecule has 2 aliphatic rings. The molecule has 2 aromatic rings. The molecule has 0 spiro atoms. The highest BCUT2D eigenvalue weighted by Gasteiger charge is 2.22. The van der Waals surface area contributed by atoms with Crippen LogP contribution in [0.1, 0.15) is 48.9 Å². The molecule has 2 heterocycles. The van der Waals surface area contributed by atoms with Gasteiger partial charge in [0, 0.05) is 43.9 Å². The molecule has 0 saturated heterocycles. The molecular formula is C20H28N4. The highest BCUT2D eigenvalue weighted by molar-refractivity contribution is 5.47. The minimum atomic E-state index is 0.829. The van der Waals surface area contributed by atoms with Gasteiger partial charge in [-0.05, 0) is 24.3 Å². The summed E-state index contributed by atoms with van der Waals surface area (Å²) in [6.45, 7) is 4.20. The molecule has 4 heteroatoms. The Hall–Kier alpha value is -1.81. The van der Waals surface area contributed by atoms with E-state index in [1.165, 1.54) is 48.9 Å². The van der Waals surface area contributed by atoms with Crippen LogP contribution in [0, 0.1) is 5.92 Å². The number of hydrogen-bond acceptors (Lipinski definition) is 3. The Morgan fingerprint density at radius 2 is 1.96 bits per heavy atom. The molecule has 4 nitrogen and oxygen atoms in total. The number of rotatable bonds is 5. The number of fused-ring (bicyclic) bond motifs is 1. The van der Waals surface area contributed by atoms with Crippen LogP contribution in [-0.2, 0) is 19.5 Å². The Kier molecular flexibility index (Phi) is 4.83. The topological polar surface area (TPSA) is 44.0 Å². The van der Waals surface area contributed by atoms with E-state index in [1.54, 1.807) is 0 Å². The standard InChI is InChI=1S/C20H28N4/c1-3-7-16(8-4-1)13-21-20-18-15-24(12-11-19(18)22-23-20)14-17-9-5-2-6-10-17/h2,5-6,9-10,16H,1,3-4,7-8,11-15H2,(H2,21,22,23). The number of anilines is 1. The van der Waals surface area contributed by atoms with Crippen molar-refractivity contribution in [2.45, 2.75) is 51.6 Å². The van der Waals surface area contributed by atoms with E-state index in [0.29, 0.717) is 0 Å². The Bertz CT molecular complexity index is 643. The molecule has 1 saturated carbocycles. The van der Waals surface area contributed by atoms with Gasteiger partial charge in [0.05, 0.1) is 0 Å². The van der Waals surface area contributed by atoms with Crippen LogP contribution in [0.25, 0.3) is 0 Å². The van der Waals surface area contributed by atoms with Crippen molar-refractivity contribution in [1.82, 2.24) is 15.1 Å². The third kappa shape index (κ3) is 3.64. The van der Waals surface area contributed by atoms with Crippen LogP contribution in [-0.4, -0.2) is 28.2 Å². The molecule has 2 N–H and O–H groups in total. The van der Waals surface area contributed by atoms with Gasteiger partial charge in [0.25, 0.3) is 0 Å². The van der Waals surface area contributed by atoms with E-state index in [4.69, 9.17) is 0 Å². The van der Waals surface area contributed by atoms with E-state index in [-0.39, 0.29) is 0 Å². The van der Waals surface area contributed by atoms with E-state index in [9.17, 15) is 0 Å². The van der Waals surface area contributed by atoms with Gasteiger partial charge in [0.1, 0.15) is 0 Å². The van der Waals surface area contributed by atoms with Gasteiger partial charge in [0.2, 0.25) is 0 Å². The van der Waals surface area contributed by atoms with Gasteiger partial charge in [-0.1, -0.05) is 49.6 Å². The number of aromatic nitrogens is 2. The summed E-state index contributed by atoms with van der Waals surface area (Å²) >= 11 is 0. The monoisotopic (exact) mass is 324 g/mol. The van der Waals surface area contributed by atoms with E-state index < -0.39 is 0 Å². The summed E-state index contributed by atoms with van der Waals surface area (Å²) in [5, 5.41) is 11.5. The van der Waals surface area contributed by atoms with Gasteiger partial charge in [-0.2, -0.15) is 5.10 Å². The summed E-state index contributed by atoms with van der Waals surface area (Å²) in [6.07, 6.45) is 8.04. The van der Waals surface area contributed by atoms with Gasteiger partial charge >= 0.3 is 0 Å². The molecule has 0 bridgehead atoms. The fourth-order valence-electron chi connectivity index (χ4n) is 4.11. The number of benzene rings is 1. The first-order chi connectivity index (χ1) is 11.9. The van der Waals surface area contributed by atoms with Crippen molar-refractivity contribution in [2.24, 2.45) is 5.92 Å². The highest BCUT2D eigenvalue weighted by Crippen LogP contribution is 2.27. The van der Waals surface area contributed by atoms with Gasteiger partial charge in [0.15, 0.2) is 5.82 Å². The number of nitrogens with one attached hydrogen (secondary N) is 2. The van der Waals surface area contributed by atoms with Crippen LogP contribution < -0.4 is 5.32 Å². The summed E-state index contributed by atoms with van der Waals surface area (Å²) in [6, 6.07) is 10.8. The molecule has 128 valence electrons. The van der Waals surface area contributed by atoms with Crippen LogP contribution in [0.2, 0.25) is 0 Å². The van der Waals surface area contributed by atoms with E-state index in [0.717, 1.165) is 44.3 Å². The first-order valence-corrected chi connectivity index (χ1v) is 9.45. The average Bonchev–Trinajstić information content (AvgIpc) is 3.04. The number of H-pyrrole nitrogens is 1. The van der Waals surface area contributed by atoms with Crippen molar-refractivity contribution in [3.63, 3.8) is 0 Å². The second-order valence-electron chi connectivity index (χ2n) is 7.36. The largest absolute Gasteiger partial charge is 0.368 e. The quantitative estimate of drug-likeness (QED) is 0.875. The molecule has 24 heavy (non-hydrogen) atoms. The van der Waals surface area contributed by atoms with Crippen molar-refractivity contribution in [3.05, 3.63) is 47.2 Å². The highest BCUT2D eigenvalue weighted by atomic mass is 15.2. The maximum absolute atomic E-state index is 4.56. The fourth-order valence-corrected chi connectivity index (χ4v) is 4.11. The zero-order valence-corrected chi connectivity index (χ0v) is 14.4. The van der Waals surface area contributed by atoms with Crippen molar-refractivity contribution in [1.29, 1.82) is 0 Å². The van der Waals surface area contributed by atoms with E-state index in [1.807, 2.05) is 0 Å². The summed E-state index contributed by atoms with van der Waals surface area (Å²) in [5.41, 5.74) is 4.10. The third-order valence-electron chi connectivity index (χ3n) is 5.54. The number of nitrogens with zero attached hydrogens (tertiary/aromatic N) is 2. The lowest BCUT2D eigenvalue weighted by molar-refractivity contribution is 0.245. The number of hydrogen-bond donors (Lipinski definition) is 2. The molecule has 1 aliphatic carbocycles. The Balaban J connectivity index is 1.38. The fraction of sp³-hybridized carbons (Fsp3) is 0.550. The first-order valence-electron chi connectivity index (χ1n) is 9.45. The second-order valence-corrected chi connectivity index (χ2v) is 7.36. The van der Waals surface area contributed by atoms with E-state index >= 15 is 0 Å². The maximum Gasteiger partial charge on any atom is 0.152 e. The first kappa shape index (κ1) is 15.7.